The number of fused-ring (bicyclic) bond motifs is 1. The van der Waals surface area contributed by atoms with Gasteiger partial charge in [-0.1, -0.05) is 0 Å². The van der Waals surface area contributed by atoms with Gasteiger partial charge in [0.2, 0.25) is 0 Å². The Labute approximate surface area is 98.5 Å². The number of benzene rings is 1. The van der Waals surface area contributed by atoms with Gasteiger partial charge in [0.1, 0.15) is 17.2 Å². The number of halogens is 3. The van der Waals surface area contributed by atoms with Crippen molar-refractivity contribution in [3.8, 4) is 11.4 Å². The van der Waals surface area contributed by atoms with Crippen LogP contribution in [-0.2, 0) is 0 Å². The predicted molar refractivity (Wildman–Crippen MR) is 57.0 cm³/mol. The Balaban J connectivity index is 2.22. The molecule has 2 aromatic heterocycles. The maximum atomic E-state index is 13.5. The van der Waals surface area contributed by atoms with Gasteiger partial charge in [-0.25, -0.2) is 18.2 Å². The molecule has 3 rings (SSSR count). The van der Waals surface area contributed by atoms with Crippen molar-refractivity contribution < 1.29 is 13.2 Å². The molecule has 0 amide bonds. The lowest BCUT2D eigenvalue weighted by Crippen LogP contribution is -1.92. The fourth-order valence-corrected chi connectivity index (χ4v) is 1.61. The van der Waals surface area contributed by atoms with Gasteiger partial charge in [0, 0.05) is 6.07 Å². The van der Waals surface area contributed by atoms with Crippen molar-refractivity contribution in [1.82, 2.24) is 20.2 Å². The van der Waals surface area contributed by atoms with Crippen LogP contribution in [0.25, 0.3) is 22.4 Å². The summed E-state index contributed by atoms with van der Waals surface area (Å²) in [6.07, 6.45) is 2.79. The van der Waals surface area contributed by atoms with Crippen LogP contribution in [0.1, 0.15) is 0 Å². The smallest absolute Gasteiger partial charge is 0.161 e. The Morgan fingerprint density at radius 1 is 0.889 bits per heavy atom. The van der Waals surface area contributed by atoms with Gasteiger partial charge in [0.05, 0.1) is 23.5 Å². The van der Waals surface area contributed by atoms with Crippen LogP contribution < -0.4 is 0 Å². The highest BCUT2D eigenvalue weighted by Gasteiger charge is 2.14. The van der Waals surface area contributed by atoms with Crippen LogP contribution in [0, 0.1) is 17.5 Å². The number of H-pyrrole nitrogens is 1. The van der Waals surface area contributed by atoms with Crippen molar-refractivity contribution in [2.24, 2.45) is 0 Å². The largest absolute Gasteiger partial charge is 0.336 e. The Bertz CT molecular complexity index is 705. The molecule has 0 radical (unpaired) electrons. The first-order valence-corrected chi connectivity index (χ1v) is 4.96. The third-order valence-electron chi connectivity index (χ3n) is 2.46. The molecule has 4 nitrogen and oxygen atoms in total. The van der Waals surface area contributed by atoms with Crippen molar-refractivity contribution in [2.75, 3.05) is 0 Å². The van der Waals surface area contributed by atoms with E-state index in [1.807, 2.05) is 0 Å². The van der Waals surface area contributed by atoms with E-state index in [1.54, 1.807) is 0 Å². The van der Waals surface area contributed by atoms with E-state index in [1.165, 1.54) is 12.4 Å². The van der Waals surface area contributed by atoms with Gasteiger partial charge >= 0.3 is 0 Å². The van der Waals surface area contributed by atoms with Crippen LogP contribution in [0.3, 0.4) is 0 Å². The molecule has 0 atom stereocenters. The lowest BCUT2D eigenvalue weighted by atomic mass is 10.2. The first-order valence-electron chi connectivity index (χ1n) is 4.96. The number of hydrogen-bond acceptors (Lipinski definition) is 3. The summed E-state index contributed by atoms with van der Waals surface area (Å²) in [6.45, 7) is 0. The molecule has 0 aliphatic carbocycles. The minimum absolute atomic E-state index is 0.0937. The second-order valence-electron chi connectivity index (χ2n) is 3.62. The van der Waals surface area contributed by atoms with E-state index in [2.05, 4.69) is 20.2 Å². The number of aromatic nitrogens is 4. The summed E-state index contributed by atoms with van der Waals surface area (Å²) in [5.74, 6) is -3.18. The van der Waals surface area contributed by atoms with Gasteiger partial charge in [-0.15, -0.1) is 0 Å². The lowest BCUT2D eigenvalue weighted by molar-refractivity contribution is 0.496. The molecule has 0 fully saturated rings. The maximum absolute atomic E-state index is 13.5. The fraction of sp³-hybridized carbons (Fsp3) is 0. The summed E-state index contributed by atoms with van der Waals surface area (Å²) in [7, 11) is 0. The van der Waals surface area contributed by atoms with Gasteiger partial charge in [-0.2, -0.15) is 10.2 Å². The monoisotopic (exact) mass is 250 g/mol. The quantitative estimate of drug-likeness (QED) is 0.675. The molecule has 7 heteroatoms. The van der Waals surface area contributed by atoms with Crippen molar-refractivity contribution in [2.45, 2.75) is 0 Å². The first kappa shape index (κ1) is 10.7. The summed E-state index contributed by atoms with van der Waals surface area (Å²) in [6, 6.07) is 1.23. The van der Waals surface area contributed by atoms with Gasteiger partial charge < -0.3 is 4.98 Å². The lowest BCUT2D eigenvalue weighted by Gasteiger charge is -2.00. The average Bonchev–Trinajstić information content (AvgIpc) is 2.77. The van der Waals surface area contributed by atoms with Crippen molar-refractivity contribution in [3.63, 3.8) is 0 Å². The minimum Gasteiger partial charge on any atom is -0.336 e. The highest BCUT2D eigenvalue weighted by molar-refractivity contribution is 5.77. The van der Waals surface area contributed by atoms with Crippen LogP contribution in [-0.4, -0.2) is 20.2 Å². The van der Waals surface area contributed by atoms with Crippen LogP contribution in [0.5, 0.6) is 0 Å². The first-order chi connectivity index (χ1) is 8.65. The molecule has 1 aromatic carbocycles. The zero-order chi connectivity index (χ0) is 12.7. The minimum atomic E-state index is -1.24. The Hall–Kier alpha value is -2.44. The molecule has 0 unspecified atom stereocenters. The summed E-state index contributed by atoms with van der Waals surface area (Å²) in [4.78, 5) is 6.78. The van der Waals surface area contributed by atoms with Crippen LogP contribution in [0.15, 0.2) is 24.5 Å². The van der Waals surface area contributed by atoms with Crippen molar-refractivity contribution in [1.29, 1.82) is 0 Å². The third kappa shape index (κ3) is 1.60. The normalized spacial score (nSPS) is 11.1. The molecule has 0 aliphatic rings. The summed E-state index contributed by atoms with van der Waals surface area (Å²) in [5.41, 5.74) is 0.846. The highest BCUT2D eigenvalue weighted by Crippen LogP contribution is 2.24. The molecule has 0 saturated heterocycles. The van der Waals surface area contributed by atoms with Crippen LogP contribution in [0.4, 0.5) is 13.2 Å². The van der Waals surface area contributed by atoms with Gasteiger partial charge in [-0.05, 0) is 6.07 Å². The molecule has 0 saturated carbocycles. The third-order valence-corrected chi connectivity index (χ3v) is 2.46. The topological polar surface area (TPSA) is 54.5 Å². The Morgan fingerprint density at radius 3 is 2.39 bits per heavy atom. The van der Waals surface area contributed by atoms with E-state index >= 15 is 0 Å². The van der Waals surface area contributed by atoms with E-state index in [-0.39, 0.29) is 11.4 Å². The zero-order valence-corrected chi connectivity index (χ0v) is 8.78. The predicted octanol–water partition coefficient (Wildman–Crippen LogP) is 2.44. The molecule has 18 heavy (non-hydrogen) atoms. The Kier molecular flexibility index (Phi) is 2.26. The molecule has 0 bridgehead atoms. The average molecular weight is 250 g/mol. The molecule has 2 heterocycles. The highest BCUT2D eigenvalue weighted by atomic mass is 19.2. The number of nitrogens with zero attached hydrogens (tertiary/aromatic N) is 3. The van der Waals surface area contributed by atoms with E-state index in [0.29, 0.717) is 17.1 Å². The number of imidazole rings is 1. The summed E-state index contributed by atoms with van der Waals surface area (Å²) in [5, 5.41) is 7.24. The number of nitrogens with one attached hydrogen (secondary N) is 1. The van der Waals surface area contributed by atoms with E-state index in [4.69, 9.17) is 0 Å². The van der Waals surface area contributed by atoms with Crippen LogP contribution >= 0.6 is 0 Å². The molecule has 0 spiro atoms. The standard InChI is InChI=1S/C11H5F3N4/c12-6-2-8(14)7(13)1-5(6)11-17-9-3-15-16-4-10(9)18-11/h1-4H,(H,17,18). The van der Waals surface area contributed by atoms with Gasteiger partial charge in [-0.3, -0.25) is 0 Å². The maximum Gasteiger partial charge on any atom is 0.161 e. The SMILES string of the molecule is Fc1cc(F)c(-c2nc3cnncc3[nH]2)cc1F. The van der Waals surface area contributed by atoms with Crippen molar-refractivity contribution in [3.05, 3.63) is 42.0 Å². The number of hydrogen-bond donors (Lipinski definition) is 1. The zero-order valence-electron chi connectivity index (χ0n) is 8.78. The van der Waals surface area contributed by atoms with Crippen LogP contribution in [0.2, 0.25) is 0 Å². The molecule has 0 aliphatic heterocycles. The molecular formula is C11H5F3N4. The molecule has 3 aromatic rings. The molecule has 1 N–H and O–H groups in total. The van der Waals surface area contributed by atoms with Gasteiger partial charge in [0.15, 0.2) is 11.6 Å². The second kappa shape index (κ2) is 3.80. The molecule has 90 valence electrons. The van der Waals surface area contributed by atoms with Crippen molar-refractivity contribution >= 4 is 11.0 Å². The summed E-state index contributed by atoms with van der Waals surface area (Å²) < 4.78 is 39.5. The van der Waals surface area contributed by atoms with E-state index in [9.17, 15) is 13.2 Å². The molecular weight excluding hydrogens is 245 g/mol. The number of rotatable bonds is 1. The van der Waals surface area contributed by atoms with E-state index < -0.39 is 17.5 Å². The van der Waals surface area contributed by atoms with Gasteiger partial charge in [0.25, 0.3) is 0 Å². The van der Waals surface area contributed by atoms with E-state index in [0.717, 1.165) is 6.07 Å². The summed E-state index contributed by atoms with van der Waals surface area (Å²) >= 11 is 0. The second-order valence-corrected chi connectivity index (χ2v) is 3.62. The Morgan fingerprint density at radius 2 is 1.61 bits per heavy atom. The fourth-order valence-electron chi connectivity index (χ4n) is 1.61. The number of aromatic amines is 1.